The van der Waals surface area contributed by atoms with Crippen LogP contribution in [0.4, 0.5) is 0 Å². The van der Waals surface area contributed by atoms with Gasteiger partial charge in [0.05, 0.1) is 18.1 Å². The van der Waals surface area contributed by atoms with Crippen molar-refractivity contribution in [3.63, 3.8) is 0 Å². The van der Waals surface area contributed by atoms with E-state index >= 15 is 0 Å². The number of hydrogen-bond acceptors (Lipinski definition) is 6. The summed E-state index contributed by atoms with van der Waals surface area (Å²) in [4.78, 5) is 37.7. The Morgan fingerprint density at radius 2 is 1.85 bits per heavy atom. The zero-order valence-corrected chi connectivity index (χ0v) is 15.7. The predicted molar refractivity (Wildman–Crippen MR) is 98.7 cm³/mol. The third-order valence-electron chi connectivity index (χ3n) is 4.39. The summed E-state index contributed by atoms with van der Waals surface area (Å²) in [6.45, 7) is 1.79. The lowest BCUT2D eigenvalue weighted by molar-refractivity contribution is -0.139. The molecule has 0 saturated heterocycles. The van der Waals surface area contributed by atoms with Gasteiger partial charge in [0.2, 0.25) is 11.8 Å². The van der Waals surface area contributed by atoms with Gasteiger partial charge < -0.3 is 15.2 Å². The summed E-state index contributed by atoms with van der Waals surface area (Å²) in [5.41, 5.74) is 5.56. The first-order valence-corrected chi connectivity index (χ1v) is 8.55. The van der Waals surface area contributed by atoms with Crippen molar-refractivity contribution < 1.29 is 14.3 Å². The van der Waals surface area contributed by atoms with Gasteiger partial charge in [0, 0.05) is 19.1 Å². The molecule has 0 spiro atoms. The maximum absolute atomic E-state index is 12.9. The highest BCUT2D eigenvalue weighted by atomic mass is 35.5. The molecule has 1 aromatic carbocycles. The minimum absolute atomic E-state index is 0.00224. The summed E-state index contributed by atoms with van der Waals surface area (Å²) in [7, 11) is 2.82. The van der Waals surface area contributed by atoms with E-state index in [1.807, 2.05) is 0 Å². The van der Waals surface area contributed by atoms with Crippen LogP contribution in [-0.4, -0.2) is 21.7 Å². The smallest absolute Gasteiger partial charge is 0.340 e. The standard InChI is InChI=1S/C18H18ClN3O5/c1-4-26-17(24)12-11(9-5-7-10(19)8-6-9)13-15(23)21(2)18(25)22(3)16(13)27-14(12)20/h5-8,11H,4,20H2,1-3H3/t11-/m0/s1. The van der Waals surface area contributed by atoms with Crippen molar-refractivity contribution in [2.45, 2.75) is 12.8 Å². The summed E-state index contributed by atoms with van der Waals surface area (Å²) in [6.07, 6.45) is 0. The molecule has 2 aromatic rings. The molecule has 9 heteroatoms. The molecule has 2 heterocycles. The summed E-state index contributed by atoms with van der Waals surface area (Å²) >= 11 is 5.97. The van der Waals surface area contributed by atoms with E-state index in [1.165, 1.54) is 18.7 Å². The monoisotopic (exact) mass is 391 g/mol. The Kier molecular flexibility index (Phi) is 4.84. The highest BCUT2D eigenvalue weighted by Crippen LogP contribution is 2.40. The van der Waals surface area contributed by atoms with E-state index < -0.39 is 23.1 Å². The zero-order chi connectivity index (χ0) is 19.9. The number of aromatic nitrogens is 2. The van der Waals surface area contributed by atoms with E-state index in [4.69, 9.17) is 26.8 Å². The molecule has 0 aliphatic carbocycles. The number of carbonyl (C=O) groups excluding carboxylic acids is 1. The molecule has 0 radical (unpaired) electrons. The van der Waals surface area contributed by atoms with Gasteiger partial charge in [-0.1, -0.05) is 23.7 Å². The Labute approximate surface area is 159 Å². The molecule has 2 N–H and O–H groups in total. The lowest BCUT2D eigenvalue weighted by Gasteiger charge is -2.29. The molecule has 3 rings (SSSR count). The Balaban J connectivity index is 2.37. The van der Waals surface area contributed by atoms with Crippen LogP contribution in [-0.2, 0) is 23.6 Å². The second kappa shape index (κ2) is 6.96. The van der Waals surface area contributed by atoms with Crippen molar-refractivity contribution in [1.82, 2.24) is 9.13 Å². The van der Waals surface area contributed by atoms with E-state index in [-0.39, 0.29) is 29.5 Å². The Morgan fingerprint density at radius 1 is 1.22 bits per heavy atom. The number of fused-ring (bicyclic) bond motifs is 1. The van der Waals surface area contributed by atoms with Crippen molar-refractivity contribution in [2.75, 3.05) is 6.61 Å². The summed E-state index contributed by atoms with van der Waals surface area (Å²) in [5.74, 6) is -1.79. The van der Waals surface area contributed by atoms with Crippen LogP contribution in [0.1, 0.15) is 24.0 Å². The normalized spacial score (nSPS) is 15.9. The van der Waals surface area contributed by atoms with Crippen LogP contribution < -0.4 is 21.7 Å². The van der Waals surface area contributed by atoms with Gasteiger partial charge in [0.15, 0.2) is 0 Å². The van der Waals surface area contributed by atoms with Gasteiger partial charge in [-0.2, -0.15) is 0 Å². The highest BCUT2D eigenvalue weighted by Gasteiger charge is 2.39. The lowest BCUT2D eigenvalue weighted by atomic mass is 9.84. The van der Waals surface area contributed by atoms with Gasteiger partial charge in [-0.15, -0.1) is 0 Å². The minimum Gasteiger partial charge on any atom is -0.462 e. The van der Waals surface area contributed by atoms with E-state index in [0.717, 1.165) is 4.57 Å². The van der Waals surface area contributed by atoms with Crippen LogP contribution in [0.15, 0.2) is 45.3 Å². The first-order chi connectivity index (χ1) is 12.8. The summed E-state index contributed by atoms with van der Waals surface area (Å²) < 4.78 is 12.7. The number of ether oxygens (including phenoxy) is 2. The molecule has 1 aliphatic heterocycles. The van der Waals surface area contributed by atoms with Crippen LogP contribution >= 0.6 is 11.6 Å². The van der Waals surface area contributed by atoms with Gasteiger partial charge in [0.25, 0.3) is 5.56 Å². The Hall–Kier alpha value is -3.00. The van der Waals surface area contributed by atoms with Crippen molar-refractivity contribution in [3.05, 3.63) is 72.7 Å². The number of rotatable bonds is 3. The molecule has 1 aliphatic rings. The molecule has 0 unspecified atom stereocenters. The molecule has 27 heavy (non-hydrogen) atoms. The Morgan fingerprint density at radius 3 is 2.44 bits per heavy atom. The molecule has 1 atom stereocenters. The molecule has 1 aromatic heterocycles. The Bertz CT molecular complexity index is 1070. The van der Waals surface area contributed by atoms with Crippen LogP contribution in [0.5, 0.6) is 5.88 Å². The van der Waals surface area contributed by atoms with Crippen molar-refractivity contribution in [3.8, 4) is 5.88 Å². The second-order valence-corrected chi connectivity index (χ2v) is 6.45. The average Bonchev–Trinajstić information content (AvgIpc) is 2.64. The quantitative estimate of drug-likeness (QED) is 0.782. The SMILES string of the molecule is CCOC(=O)C1=C(N)Oc2c(c(=O)n(C)c(=O)n2C)[C@H]1c1ccc(Cl)cc1. The van der Waals surface area contributed by atoms with Crippen molar-refractivity contribution in [1.29, 1.82) is 0 Å². The molecule has 8 nitrogen and oxygen atoms in total. The van der Waals surface area contributed by atoms with E-state index in [1.54, 1.807) is 31.2 Å². The fraction of sp³-hybridized carbons (Fsp3) is 0.278. The molecular weight excluding hydrogens is 374 g/mol. The van der Waals surface area contributed by atoms with Gasteiger partial charge in [0.1, 0.15) is 5.57 Å². The number of hydrogen-bond donors (Lipinski definition) is 1. The van der Waals surface area contributed by atoms with E-state index in [0.29, 0.717) is 10.6 Å². The van der Waals surface area contributed by atoms with Gasteiger partial charge >= 0.3 is 11.7 Å². The maximum atomic E-state index is 12.9. The van der Waals surface area contributed by atoms with Crippen LogP contribution in [0, 0.1) is 0 Å². The topological polar surface area (TPSA) is 106 Å². The number of esters is 1. The number of halogens is 1. The van der Waals surface area contributed by atoms with Gasteiger partial charge in [-0.3, -0.25) is 13.9 Å². The largest absolute Gasteiger partial charge is 0.462 e. The van der Waals surface area contributed by atoms with Crippen LogP contribution in [0.2, 0.25) is 5.02 Å². The third kappa shape index (κ3) is 3.02. The molecule has 0 saturated carbocycles. The van der Waals surface area contributed by atoms with Crippen LogP contribution in [0.25, 0.3) is 0 Å². The first-order valence-electron chi connectivity index (χ1n) is 8.17. The highest BCUT2D eigenvalue weighted by molar-refractivity contribution is 6.30. The van der Waals surface area contributed by atoms with Gasteiger partial charge in [-0.05, 0) is 24.6 Å². The number of carbonyl (C=O) groups is 1. The first kappa shape index (κ1) is 18.8. The lowest BCUT2D eigenvalue weighted by Crippen LogP contribution is -2.43. The van der Waals surface area contributed by atoms with Crippen LogP contribution in [0.3, 0.4) is 0 Å². The third-order valence-corrected chi connectivity index (χ3v) is 4.64. The number of nitrogens with two attached hydrogens (primary N) is 1. The average molecular weight is 392 g/mol. The maximum Gasteiger partial charge on any atom is 0.340 e. The summed E-state index contributed by atoms with van der Waals surface area (Å²) in [5, 5.41) is 0.494. The van der Waals surface area contributed by atoms with Gasteiger partial charge in [-0.25, -0.2) is 9.59 Å². The predicted octanol–water partition coefficient (Wildman–Crippen LogP) is 0.995. The summed E-state index contributed by atoms with van der Waals surface area (Å²) in [6, 6.07) is 6.63. The molecular formula is C18H18ClN3O5. The number of benzene rings is 1. The molecule has 142 valence electrons. The zero-order valence-electron chi connectivity index (χ0n) is 15.0. The van der Waals surface area contributed by atoms with Crippen molar-refractivity contribution in [2.24, 2.45) is 19.8 Å². The van der Waals surface area contributed by atoms with E-state index in [9.17, 15) is 14.4 Å². The number of nitrogens with zero attached hydrogens (tertiary/aromatic N) is 2. The van der Waals surface area contributed by atoms with E-state index in [2.05, 4.69) is 0 Å². The molecule has 0 amide bonds. The second-order valence-electron chi connectivity index (χ2n) is 6.01. The molecule has 0 fully saturated rings. The fourth-order valence-corrected chi connectivity index (χ4v) is 3.21. The minimum atomic E-state index is -0.865. The molecule has 0 bridgehead atoms. The van der Waals surface area contributed by atoms with Crippen molar-refractivity contribution >= 4 is 17.6 Å². The fourth-order valence-electron chi connectivity index (χ4n) is 3.08.